The molecule has 0 aliphatic carbocycles. The Morgan fingerprint density at radius 2 is 0.782 bits per heavy atom. The molecule has 0 N–H and O–H groups in total. The van der Waals surface area contributed by atoms with Gasteiger partial charge in [-0.3, -0.25) is 14.0 Å². The molecule has 0 bridgehead atoms. The van der Waals surface area contributed by atoms with Gasteiger partial charge >= 0.3 is 83.1 Å². The van der Waals surface area contributed by atoms with Gasteiger partial charge in [0.2, 0.25) is 27.5 Å². The molecular formula is C78H48Cl3N9O6Pd3S2. The first-order valence-electron chi connectivity index (χ1n) is 30.4. The Bertz CT molecular complexity index is 5580. The van der Waals surface area contributed by atoms with E-state index in [-0.39, 0.29) is 0 Å². The van der Waals surface area contributed by atoms with E-state index in [0.29, 0.717) is 55.9 Å². The van der Waals surface area contributed by atoms with E-state index in [1.54, 1.807) is 64.5 Å². The van der Waals surface area contributed by atoms with Gasteiger partial charge in [0.15, 0.2) is 0 Å². The van der Waals surface area contributed by atoms with Gasteiger partial charge < -0.3 is 18.6 Å². The summed E-state index contributed by atoms with van der Waals surface area (Å²) in [7, 11) is 9.99. The third-order valence-corrected chi connectivity index (χ3v) is 18.8. The van der Waals surface area contributed by atoms with Gasteiger partial charge in [0.1, 0.15) is 11.2 Å². The largest absolute Gasteiger partial charge is 0.466 e. The smallest absolute Gasteiger partial charge is 0.216 e. The SMILES string of the molecule is O=S1(=O)c2ccccc2-c2cc(-c3cnn(-c4[c-]c(Oc5ccccn5)ccc4)c3)ccc21.[Cl][Pd+].[Cl][Pd+].[Cl][Pd+].[c-]1c(Oc2ccccn2)cccc1-n1cc(-c2ccc3oc4ccccc4c3c2)cn1.[c-]1c(Oc2ccccn2)cccc1-n1cc(-c2ccc3sc4ccccc4c3c2)cn1. The van der Waals surface area contributed by atoms with Crippen LogP contribution in [0.2, 0.25) is 0 Å². The van der Waals surface area contributed by atoms with E-state index in [2.05, 4.69) is 192 Å². The summed E-state index contributed by atoms with van der Waals surface area (Å²) in [6, 6.07) is 85.2. The molecule has 101 heavy (non-hydrogen) atoms. The third kappa shape index (κ3) is 15.8. The number of pyridine rings is 3. The number of thiophene rings is 1. The quantitative estimate of drug-likeness (QED) is 0.0840. The number of hydrogen-bond acceptors (Lipinski definition) is 13. The van der Waals surface area contributed by atoms with Crippen molar-refractivity contribution in [1.82, 2.24) is 44.3 Å². The number of para-hydroxylation sites is 1. The van der Waals surface area contributed by atoms with Gasteiger partial charge in [-0.2, -0.15) is 33.5 Å². The Hall–Kier alpha value is -9.71. The van der Waals surface area contributed by atoms with E-state index in [1.165, 1.54) is 20.2 Å². The molecule has 504 valence electrons. The predicted octanol–water partition coefficient (Wildman–Crippen LogP) is 20.7. The van der Waals surface area contributed by atoms with Crippen LogP contribution in [-0.2, 0) is 64.4 Å². The summed E-state index contributed by atoms with van der Waals surface area (Å²) in [5.41, 5.74) is 11.6. The molecule has 23 heteroatoms. The molecule has 0 saturated carbocycles. The number of sulfone groups is 1. The molecule has 0 radical (unpaired) electrons. The topological polar surface area (TPSA) is 167 Å². The van der Waals surface area contributed by atoms with Gasteiger partial charge in [-0.15, -0.1) is 65.9 Å². The van der Waals surface area contributed by atoms with Crippen molar-refractivity contribution in [2.45, 2.75) is 9.79 Å². The summed E-state index contributed by atoms with van der Waals surface area (Å²) in [5.74, 6) is 3.26. The molecule has 0 saturated heterocycles. The van der Waals surface area contributed by atoms with Gasteiger partial charge in [-0.05, 0) is 107 Å². The average Bonchev–Trinajstić information content (AvgIpc) is 1.58. The second-order valence-corrected chi connectivity index (χ2v) is 24.8. The van der Waals surface area contributed by atoms with E-state index < -0.39 is 9.84 Å². The van der Waals surface area contributed by atoms with Crippen LogP contribution in [0.5, 0.6) is 34.9 Å². The second-order valence-electron chi connectivity index (χ2n) is 21.9. The van der Waals surface area contributed by atoms with Crippen LogP contribution in [0.25, 0.3) is 104 Å². The number of benzene rings is 9. The predicted molar refractivity (Wildman–Crippen MR) is 385 cm³/mol. The standard InChI is InChI=1S/C26H16N3O3S.C26H16N3O2.C26H16N3OS.3ClH.3Pd/c30-33(31)24-9-2-1-8-22(24)23-14-18(11-12-25(23)33)19-16-28-29(17-19)20-6-5-7-21(15-20)32-26-10-3-4-13-27-26;2*1-2-9-24-22(8-1)23-14-18(11-12-25(23)31-24)19-16-28-29(17-19)20-6-5-7-21(15-20)30-26-10-3-4-13-27-26;;;;;;/h1-14,16-17H;2*1-14,16-17H;3*1H;;;/q3*-1;;;;3*+2/p-3. The van der Waals surface area contributed by atoms with Crippen LogP contribution in [-0.4, -0.2) is 52.7 Å². The number of halogens is 3. The zero-order valence-corrected chi connectivity index (χ0v) is 60.7. The van der Waals surface area contributed by atoms with Crippen LogP contribution >= 0.6 is 39.9 Å². The number of nitrogens with zero attached hydrogens (tertiary/aromatic N) is 9. The molecule has 0 fully saturated rings. The molecule has 9 aromatic carbocycles. The Morgan fingerprint density at radius 1 is 0.366 bits per heavy atom. The first kappa shape index (κ1) is 69.8. The minimum Gasteiger partial charge on any atom is -0.466 e. The van der Waals surface area contributed by atoms with Crippen LogP contribution in [0.1, 0.15) is 0 Å². The van der Waals surface area contributed by atoms with Gasteiger partial charge in [-0.1, -0.05) is 91.0 Å². The Labute approximate surface area is 628 Å². The van der Waals surface area contributed by atoms with Crippen LogP contribution in [0.4, 0.5) is 0 Å². The van der Waals surface area contributed by atoms with Gasteiger partial charge in [0.25, 0.3) is 0 Å². The van der Waals surface area contributed by atoms with E-state index >= 15 is 0 Å². The van der Waals surface area contributed by atoms with Crippen molar-refractivity contribution in [1.29, 1.82) is 0 Å². The maximum Gasteiger partial charge on any atom is 0.216 e. The summed E-state index contributed by atoms with van der Waals surface area (Å²) in [6.07, 6.45) is 16.4. The van der Waals surface area contributed by atoms with Crippen molar-refractivity contribution in [2.75, 3.05) is 0 Å². The van der Waals surface area contributed by atoms with Crippen molar-refractivity contribution in [3.63, 3.8) is 0 Å². The molecule has 18 rings (SSSR count). The maximum absolute atomic E-state index is 12.8. The van der Waals surface area contributed by atoms with E-state index in [1.807, 2.05) is 193 Å². The molecule has 0 atom stereocenters. The Balaban J connectivity index is 0.000000131. The molecular weight excluding hydrogens is 1650 g/mol. The second kappa shape index (κ2) is 32.7. The first-order chi connectivity index (χ1) is 49.8. The molecule has 9 heterocycles. The molecule has 1 aliphatic rings. The van der Waals surface area contributed by atoms with Gasteiger partial charge in [-0.25, -0.2) is 23.4 Å². The number of fused-ring (bicyclic) bond motifs is 9. The number of aromatic nitrogens is 9. The van der Waals surface area contributed by atoms with Crippen LogP contribution in [0, 0.1) is 18.2 Å². The maximum atomic E-state index is 12.8. The molecule has 15 nitrogen and oxygen atoms in total. The van der Waals surface area contributed by atoms with E-state index in [9.17, 15) is 8.42 Å². The summed E-state index contributed by atoms with van der Waals surface area (Å²) >= 11 is 8.49. The summed E-state index contributed by atoms with van der Waals surface area (Å²) in [6.45, 7) is 0. The minimum absolute atomic E-state index is 0.340. The molecule has 17 aromatic rings. The summed E-state index contributed by atoms with van der Waals surface area (Å²) in [4.78, 5) is 13.2. The normalized spacial score (nSPS) is 11.5. The zero-order chi connectivity index (χ0) is 69.7. The van der Waals surface area contributed by atoms with Crippen molar-refractivity contribution >= 4 is 91.9 Å². The molecule has 8 aromatic heterocycles. The summed E-state index contributed by atoms with van der Waals surface area (Å²) < 4.78 is 56.9. The summed E-state index contributed by atoms with van der Waals surface area (Å²) in [5, 5.41) is 18.3. The van der Waals surface area contributed by atoms with E-state index in [0.717, 1.165) is 72.3 Å². The Kier molecular flexibility index (Phi) is 22.6. The monoisotopic (exact) mass is 1690 g/mol. The fourth-order valence-electron chi connectivity index (χ4n) is 11.3. The molecule has 1 aliphatic heterocycles. The third-order valence-electron chi connectivity index (χ3n) is 15.8. The van der Waals surface area contributed by atoms with Crippen molar-refractivity contribution in [3.05, 3.63) is 311 Å². The van der Waals surface area contributed by atoms with Crippen molar-refractivity contribution < 1.29 is 81.6 Å². The average molecular weight is 1700 g/mol. The van der Waals surface area contributed by atoms with E-state index in [4.69, 9.17) is 18.6 Å². The molecule has 0 spiro atoms. The fourth-order valence-corrected chi connectivity index (χ4v) is 14.0. The number of furan rings is 1. The number of hydrogen-bond donors (Lipinski definition) is 0. The van der Waals surface area contributed by atoms with Crippen molar-refractivity contribution in [2.24, 2.45) is 0 Å². The number of ether oxygens (including phenoxy) is 3. The number of rotatable bonds is 12. The van der Waals surface area contributed by atoms with Gasteiger partial charge in [0.05, 0.1) is 28.4 Å². The van der Waals surface area contributed by atoms with Crippen LogP contribution in [0.3, 0.4) is 0 Å². The fraction of sp³-hybridized carbons (Fsp3) is 0. The van der Waals surface area contributed by atoms with Gasteiger partial charge in [0, 0.05) is 131 Å². The Morgan fingerprint density at radius 3 is 1.31 bits per heavy atom. The van der Waals surface area contributed by atoms with Crippen LogP contribution in [0.15, 0.2) is 307 Å². The molecule has 0 unspecified atom stereocenters. The zero-order valence-electron chi connectivity index (χ0n) is 52.1. The first-order valence-corrected chi connectivity index (χ1v) is 38.7. The van der Waals surface area contributed by atoms with Crippen LogP contribution < -0.4 is 14.2 Å². The molecule has 0 amide bonds. The van der Waals surface area contributed by atoms with Crippen molar-refractivity contribution in [3.8, 4) is 96.5 Å². The minimum atomic E-state index is -3.48.